The van der Waals surface area contributed by atoms with Crippen LogP contribution in [0.1, 0.15) is 13.8 Å². The Morgan fingerprint density at radius 1 is 1.50 bits per heavy atom. The lowest BCUT2D eigenvalue weighted by Gasteiger charge is -2.23. The van der Waals surface area contributed by atoms with E-state index in [1.807, 2.05) is 13.8 Å². The highest BCUT2D eigenvalue weighted by Gasteiger charge is 2.12. The zero-order chi connectivity index (χ0) is 11.0. The summed E-state index contributed by atoms with van der Waals surface area (Å²) in [6.45, 7) is 5.98. The fourth-order valence-corrected chi connectivity index (χ4v) is 1.01. The van der Waals surface area contributed by atoms with E-state index in [9.17, 15) is 4.79 Å². The van der Waals surface area contributed by atoms with Gasteiger partial charge in [0.05, 0.1) is 6.61 Å². The lowest BCUT2D eigenvalue weighted by Crippen LogP contribution is -2.46. The number of carbonyl (C=O) groups excluding carboxylic acids is 1. The van der Waals surface area contributed by atoms with Gasteiger partial charge in [0.1, 0.15) is 0 Å². The van der Waals surface area contributed by atoms with Crippen LogP contribution < -0.4 is 11.1 Å². The number of nitrogens with one attached hydrogen (secondary N) is 1. The zero-order valence-corrected chi connectivity index (χ0v) is 9.25. The molecule has 0 radical (unpaired) electrons. The summed E-state index contributed by atoms with van der Waals surface area (Å²) < 4.78 is 4.91. The van der Waals surface area contributed by atoms with Crippen molar-refractivity contribution in [2.75, 3.05) is 33.4 Å². The van der Waals surface area contributed by atoms with Crippen LogP contribution in [0.3, 0.4) is 0 Å². The molecule has 0 saturated carbocycles. The zero-order valence-electron chi connectivity index (χ0n) is 9.25. The monoisotopic (exact) mass is 203 g/mol. The number of hydrogen-bond acceptors (Lipinski definition) is 3. The molecule has 0 aromatic heterocycles. The molecule has 0 aromatic carbocycles. The van der Waals surface area contributed by atoms with Gasteiger partial charge in [-0.15, -0.1) is 0 Å². The molecule has 0 rings (SSSR count). The molecule has 0 aliphatic heterocycles. The number of urea groups is 1. The van der Waals surface area contributed by atoms with E-state index >= 15 is 0 Å². The predicted molar refractivity (Wildman–Crippen MR) is 56.2 cm³/mol. The molecular formula is C9H21N3O2. The van der Waals surface area contributed by atoms with Gasteiger partial charge in [-0.25, -0.2) is 4.79 Å². The molecule has 0 fully saturated rings. The number of nitrogens with zero attached hydrogens (tertiary/aromatic N) is 1. The van der Waals surface area contributed by atoms with Gasteiger partial charge in [0, 0.05) is 32.8 Å². The van der Waals surface area contributed by atoms with Gasteiger partial charge in [0.25, 0.3) is 0 Å². The highest BCUT2D eigenvalue weighted by Crippen LogP contribution is 1.90. The van der Waals surface area contributed by atoms with Gasteiger partial charge >= 0.3 is 6.03 Å². The number of methoxy groups -OCH3 is 1. The van der Waals surface area contributed by atoms with Crippen molar-refractivity contribution in [3.05, 3.63) is 0 Å². The van der Waals surface area contributed by atoms with Crippen molar-refractivity contribution in [1.82, 2.24) is 10.2 Å². The van der Waals surface area contributed by atoms with E-state index in [4.69, 9.17) is 10.5 Å². The maximum absolute atomic E-state index is 11.6. The molecule has 5 heteroatoms. The van der Waals surface area contributed by atoms with Gasteiger partial charge in [0.2, 0.25) is 0 Å². The Balaban J connectivity index is 3.97. The third-order valence-corrected chi connectivity index (χ3v) is 1.66. The first kappa shape index (κ1) is 13.2. The van der Waals surface area contributed by atoms with E-state index in [0.29, 0.717) is 26.2 Å². The van der Waals surface area contributed by atoms with Gasteiger partial charge in [0.15, 0.2) is 0 Å². The summed E-state index contributed by atoms with van der Waals surface area (Å²) in [5.74, 6) is 0. The van der Waals surface area contributed by atoms with E-state index in [0.717, 1.165) is 0 Å². The first-order chi connectivity index (χ1) is 6.61. The summed E-state index contributed by atoms with van der Waals surface area (Å²) in [6, 6.07) is 0.0628. The Labute approximate surface area is 85.6 Å². The molecule has 5 nitrogen and oxygen atoms in total. The smallest absolute Gasteiger partial charge is 0.317 e. The van der Waals surface area contributed by atoms with Crippen LogP contribution in [0.5, 0.6) is 0 Å². The van der Waals surface area contributed by atoms with E-state index in [1.165, 1.54) is 0 Å². The first-order valence-electron chi connectivity index (χ1n) is 4.86. The molecule has 0 spiro atoms. The fraction of sp³-hybridized carbons (Fsp3) is 0.889. The minimum Gasteiger partial charge on any atom is -0.383 e. The molecule has 14 heavy (non-hydrogen) atoms. The molecule has 0 heterocycles. The average molecular weight is 203 g/mol. The quantitative estimate of drug-likeness (QED) is 0.639. The predicted octanol–water partition coefficient (Wildman–Crippen LogP) is 0.0115. The van der Waals surface area contributed by atoms with Gasteiger partial charge in [-0.05, 0) is 13.8 Å². The van der Waals surface area contributed by atoms with Crippen molar-refractivity contribution in [3.63, 3.8) is 0 Å². The fourth-order valence-electron chi connectivity index (χ4n) is 1.01. The van der Waals surface area contributed by atoms with E-state index in [1.54, 1.807) is 12.0 Å². The van der Waals surface area contributed by atoms with Gasteiger partial charge in [-0.2, -0.15) is 0 Å². The number of rotatable bonds is 6. The summed E-state index contributed by atoms with van der Waals surface area (Å²) in [7, 11) is 1.61. The van der Waals surface area contributed by atoms with Gasteiger partial charge in [-0.3, -0.25) is 0 Å². The number of amides is 2. The molecule has 0 saturated heterocycles. The third-order valence-electron chi connectivity index (χ3n) is 1.66. The molecule has 0 aliphatic carbocycles. The minimum atomic E-state index is -0.0810. The standard InChI is InChI=1S/C9H21N3O2/c1-8(2)11-9(13)12(5-4-10)6-7-14-3/h8H,4-7,10H2,1-3H3,(H,11,13). The summed E-state index contributed by atoms with van der Waals surface area (Å²) in [6.07, 6.45) is 0. The van der Waals surface area contributed by atoms with Crippen molar-refractivity contribution >= 4 is 6.03 Å². The number of carbonyl (C=O) groups is 1. The summed E-state index contributed by atoms with van der Waals surface area (Å²) >= 11 is 0. The molecule has 0 aromatic rings. The largest absolute Gasteiger partial charge is 0.383 e. The topological polar surface area (TPSA) is 67.6 Å². The van der Waals surface area contributed by atoms with Crippen LogP contribution in [0.4, 0.5) is 4.79 Å². The molecule has 84 valence electrons. The minimum absolute atomic E-state index is 0.0810. The van der Waals surface area contributed by atoms with Crippen molar-refractivity contribution in [2.45, 2.75) is 19.9 Å². The van der Waals surface area contributed by atoms with E-state index in [-0.39, 0.29) is 12.1 Å². The second kappa shape index (κ2) is 7.58. The molecule has 2 amide bonds. The van der Waals surface area contributed by atoms with Crippen molar-refractivity contribution in [1.29, 1.82) is 0 Å². The van der Waals surface area contributed by atoms with Crippen LogP contribution in [0, 0.1) is 0 Å². The van der Waals surface area contributed by atoms with Crippen molar-refractivity contribution in [3.8, 4) is 0 Å². The number of ether oxygens (including phenoxy) is 1. The molecule has 0 atom stereocenters. The summed E-state index contributed by atoms with van der Waals surface area (Å²) in [5.41, 5.74) is 5.41. The van der Waals surface area contributed by atoms with E-state index in [2.05, 4.69) is 5.32 Å². The van der Waals surface area contributed by atoms with Crippen LogP contribution in [-0.2, 0) is 4.74 Å². The second-order valence-electron chi connectivity index (χ2n) is 3.37. The lowest BCUT2D eigenvalue weighted by atomic mass is 10.4. The molecule has 0 bridgehead atoms. The molecule has 0 aliphatic rings. The van der Waals surface area contributed by atoms with Crippen LogP contribution in [0.2, 0.25) is 0 Å². The van der Waals surface area contributed by atoms with Crippen molar-refractivity contribution in [2.24, 2.45) is 5.73 Å². The Kier molecular flexibility index (Phi) is 7.14. The van der Waals surface area contributed by atoms with Crippen LogP contribution in [-0.4, -0.2) is 50.3 Å². The Morgan fingerprint density at radius 3 is 2.57 bits per heavy atom. The average Bonchev–Trinajstić information content (AvgIpc) is 2.10. The molecule has 3 N–H and O–H groups in total. The maximum Gasteiger partial charge on any atom is 0.317 e. The highest BCUT2D eigenvalue weighted by molar-refractivity contribution is 5.74. The number of hydrogen-bond donors (Lipinski definition) is 2. The van der Waals surface area contributed by atoms with Gasteiger partial charge < -0.3 is 20.7 Å². The van der Waals surface area contributed by atoms with Crippen LogP contribution in [0.25, 0.3) is 0 Å². The summed E-state index contributed by atoms with van der Waals surface area (Å²) in [4.78, 5) is 13.2. The maximum atomic E-state index is 11.6. The number of nitrogens with two attached hydrogens (primary N) is 1. The molecular weight excluding hydrogens is 182 g/mol. The SMILES string of the molecule is COCCN(CCN)C(=O)NC(C)C. The molecule has 0 unspecified atom stereocenters. The van der Waals surface area contributed by atoms with Crippen LogP contribution in [0.15, 0.2) is 0 Å². The highest BCUT2D eigenvalue weighted by atomic mass is 16.5. The normalized spacial score (nSPS) is 10.4. The van der Waals surface area contributed by atoms with Gasteiger partial charge in [-0.1, -0.05) is 0 Å². The third kappa shape index (κ3) is 5.77. The van der Waals surface area contributed by atoms with Crippen LogP contribution >= 0.6 is 0 Å². The Morgan fingerprint density at radius 2 is 2.14 bits per heavy atom. The Hall–Kier alpha value is -0.810. The Bertz CT molecular complexity index is 162. The van der Waals surface area contributed by atoms with Crippen molar-refractivity contribution < 1.29 is 9.53 Å². The summed E-state index contributed by atoms with van der Waals surface area (Å²) in [5, 5.41) is 2.81. The van der Waals surface area contributed by atoms with E-state index < -0.39 is 0 Å². The first-order valence-corrected chi connectivity index (χ1v) is 4.86. The lowest BCUT2D eigenvalue weighted by molar-refractivity contribution is 0.149. The second-order valence-corrected chi connectivity index (χ2v) is 3.37.